The predicted octanol–water partition coefficient (Wildman–Crippen LogP) is 2.33. The second-order valence-corrected chi connectivity index (χ2v) is 4.46. The average Bonchev–Trinajstić information content (AvgIpc) is 2.40. The number of amides is 1. The molecule has 1 aromatic carbocycles. The van der Waals surface area contributed by atoms with Gasteiger partial charge in [-0.3, -0.25) is 9.59 Å². The van der Waals surface area contributed by atoms with Gasteiger partial charge in [-0.15, -0.1) is 0 Å². The number of nitrogens with zero attached hydrogens (tertiary/aromatic N) is 1. The van der Waals surface area contributed by atoms with E-state index in [9.17, 15) is 9.59 Å². The molecule has 0 saturated heterocycles. The third kappa shape index (κ3) is 6.04. The van der Waals surface area contributed by atoms with Crippen molar-refractivity contribution in [3.05, 3.63) is 35.9 Å². The summed E-state index contributed by atoms with van der Waals surface area (Å²) in [5.74, 6) is -0.806. The van der Waals surface area contributed by atoms with Crippen molar-refractivity contribution in [3.63, 3.8) is 0 Å². The molecule has 0 heterocycles. The minimum absolute atomic E-state index is 0.0414. The number of hydrogen-bond acceptors (Lipinski definition) is 2. The lowest BCUT2D eigenvalue weighted by Crippen LogP contribution is -2.32. The highest BCUT2D eigenvalue weighted by Crippen LogP contribution is 2.05. The molecule has 19 heavy (non-hydrogen) atoms. The summed E-state index contributed by atoms with van der Waals surface area (Å²) >= 11 is 0. The van der Waals surface area contributed by atoms with Crippen LogP contribution < -0.4 is 0 Å². The molecule has 0 aromatic heterocycles. The summed E-state index contributed by atoms with van der Waals surface area (Å²) in [5.41, 5.74) is 1.21. The Morgan fingerprint density at radius 3 is 2.42 bits per heavy atom. The van der Waals surface area contributed by atoms with Gasteiger partial charge in [0, 0.05) is 25.9 Å². The van der Waals surface area contributed by atoms with Crippen LogP contribution in [0.25, 0.3) is 0 Å². The van der Waals surface area contributed by atoms with Gasteiger partial charge in [0.25, 0.3) is 0 Å². The highest BCUT2D eigenvalue weighted by molar-refractivity contribution is 5.77. The van der Waals surface area contributed by atoms with Gasteiger partial charge in [-0.25, -0.2) is 0 Å². The first-order valence-corrected chi connectivity index (χ1v) is 6.67. The van der Waals surface area contributed by atoms with Crippen molar-refractivity contribution in [2.45, 2.75) is 32.6 Å². The highest BCUT2D eigenvalue weighted by atomic mass is 16.4. The lowest BCUT2D eigenvalue weighted by Gasteiger charge is -2.20. The van der Waals surface area contributed by atoms with Gasteiger partial charge in [0.2, 0.25) is 5.91 Å². The Bertz CT molecular complexity index is 403. The molecule has 1 N–H and O–H groups in total. The minimum atomic E-state index is -0.847. The number of rotatable bonds is 8. The van der Waals surface area contributed by atoms with Gasteiger partial charge >= 0.3 is 5.97 Å². The van der Waals surface area contributed by atoms with Gasteiger partial charge in [0.05, 0.1) is 0 Å². The fraction of sp³-hybridized carbons (Fsp3) is 0.467. The SMILES string of the molecule is CCN(CCc1ccccc1)C(=O)CCCC(=O)O. The van der Waals surface area contributed by atoms with Crippen molar-refractivity contribution in [2.24, 2.45) is 0 Å². The van der Waals surface area contributed by atoms with Crippen molar-refractivity contribution < 1.29 is 14.7 Å². The van der Waals surface area contributed by atoms with Crippen LogP contribution in [0, 0.1) is 0 Å². The van der Waals surface area contributed by atoms with Crippen LogP contribution in [0.4, 0.5) is 0 Å². The van der Waals surface area contributed by atoms with E-state index in [2.05, 4.69) is 0 Å². The fourth-order valence-corrected chi connectivity index (χ4v) is 1.92. The molecule has 4 heteroatoms. The third-order valence-electron chi connectivity index (χ3n) is 3.03. The molecule has 0 atom stereocenters. The molecular weight excluding hydrogens is 242 g/mol. The van der Waals surface area contributed by atoms with Gasteiger partial charge in [0.1, 0.15) is 0 Å². The van der Waals surface area contributed by atoms with Gasteiger partial charge in [0.15, 0.2) is 0 Å². The normalized spacial score (nSPS) is 10.2. The van der Waals surface area contributed by atoms with Crippen LogP contribution in [0.3, 0.4) is 0 Å². The van der Waals surface area contributed by atoms with E-state index in [4.69, 9.17) is 5.11 Å². The highest BCUT2D eigenvalue weighted by Gasteiger charge is 2.11. The lowest BCUT2D eigenvalue weighted by atomic mass is 10.1. The summed E-state index contributed by atoms with van der Waals surface area (Å²) < 4.78 is 0. The van der Waals surface area contributed by atoms with Crippen molar-refractivity contribution in [2.75, 3.05) is 13.1 Å². The van der Waals surface area contributed by atoms with Gasteiger partial charge in [-0.2, -0.15) is 0 Å². The molecule has 0 aliphatic rings. The van der Waals surface area contributed by atoms with Crippen LogP contribution in [-0.2, 0) is 16.0 Å². The first-order chi connectivity index (χ1) is 9.13. The molecule has 0 aliphatic heterocycles. The second kappa shape index (κ2) is 8.29. The van der Waals surface area contributed by atoms with E-state index in [1.54, 1.807) is 4.90 Å². The number of carbonyl (C=O) groups is 2. The van der Waals surface area contributed by atoms with E-state index in [1.165, 1.54) is 5.56 Å². The first-order valence-electron chi connectivity index (χ1n) is 6.67. The molecule has 1 rings (SSSR count). The van der Waals surface area contributed by atoms with Gasteiger partial charge in [-0.1, -0.05) is 30.3 Å². The zero-order chi connectivity index (χ0) is 14.1. The zero-order valence-corrected chi connectivity index (χ0v) is 11.3. The molecule has 0 radical (unpaired) electrons. The Morgan fingerprint density at radius 1 is 1.16 bits per heavy atom. The van der Waals surface area contributed by atoms with Crippen molar-refractivity contribution >= 4 is 11.9 Å². The molecule has 1 aromatic rings. The van der Waals surface area contributed by atoms with Crippen molar-refractivity contribution in [1.29, 1.82) is 0 Å². The molecular formula is C15H21NO3. The summed E-state index contributed by atoms with van der Waals surface area (Å²) in [6, 6.07) is 10.0. The maximum atomic E-state index is 11.9. The number of carbonyl (C=O) groups excluding carboxylic acids is 1. The minimum Gasteiger partial charge on any atom is -0.481 e. The summed E-state index contributed by atoms with van der Waals surface area (Å²) in [6.07, 6.45) is 1.62. The van der Waals surface area contributed by atoms with E-state index >= 15 is 0 Å². The summed E-state index contributed by atoms with van der Waals surface area (Å²) in [7, 11) is 0. The molecule has 0 spiro atoms. The fourth-order valence-electron chi connectivity index (χ4n) is 1.92. The maximum absolute atomic E-state index is 11.9. The third-order valence-corrected chi connectivity index (χ3v) is 3.03. The number of likely N-dealkylation sites (N-methyl/N-ethyl adjacent to an activating group) is 1. The summed E-state index contributed by atoms with van der Waals surface area (Å²) in [4.78, 5) is 24.1. The standard InChI is InChI=1S/C15H21NO3/c1-2-16(14(17)9-6-10-15(18)19)12-11-13-7-4-3-5-8-13/h3-5,7-8H,2,6,9-12H2,1H3,(H,18,19). The second-order valence-electron chi connectivity index (χ2n) is 4.46. The van der Waals surface area contributed by atoms with E-state index in [-0.39, 0.29) is 12.3 Å². The number of carboxylic acids is 1. The van der Waals surface area contributed by atoms with Gasteiger partial charge < -0.3 is 10.0 Å². The Morgan fingerprint density at radius 2 is 1.84 bits per heavy atom. The van der Waals surface area contributed by atoms with Crippen LogP contribution in [0.15, 0.2) is 30.3 Å². The van der Waals surface area contributed by atoms with E-state index in [0.717, 1.165) is 6.42 Å². The number of aliphatic carboxylic acids is 1. The van der Waals surface area contributed by atoms with E-state index < -0.39 is 5.97 Å². The van der Waals surface area contributed by atoms with Crippen molar-refractivity contribution in [1.82, 2.24) is 4.90 Å². The molecule has 4 nitrogen and oxygen atoms in total. The van der Waals surface area contributed by atoms with Gasteiger partial charge in [-0.05, 0) is 25.3 Å². The Kier molecular flexibility index (Phi) is 6.64. The lowest BCUT2D eigenvalue weighted by molar-refractivity contribution is -0.137. The number of hydrogen-bond donors (Lipinski definition) is 1. The molecule has 0 unspecified atom stereocenters. The molecule has 104 valence electrons. The molecule has 0 saturated carbocycles. The molecule has 0 bridgehead atoms. The summed E-state index contributed by atoms with van der Waals surface area (Å²) in [5, 5.41) is 8.55. The molecule has 0 fully saturated rings. The van der Waals surface area contributed by atoms with Crippen LogP contribution in [-0.4, -0.2) is 35.0 Å². The largest absolute Gasteiger partial charge is 0.481 e. The predicted molar refractivity (Wildman–Crippen MR) is 73.9 cm³/mol. The quantitative estimate of drug-likeness (QED) is 0.783. The van der Waals surface area contributed by atoms with E-state index in [1.807, 2.05) is 37.3 Å². The molecule has 1 amide bonds. The monoisotopic (exact) mass is 263 g/mol. The summed E-state index contributed by atoms with van der Waals surface area (Å²) in [6.45, 7) is 3.30. The molecule has 0 aliphatic carbocycles. The maximum Gasteiger partial charge on any atom is 0.303 e. The van der Waals surface area contributed by atoms with E-state index in [0.29, 0.717) is 25.9 Å². The number of benzene rings is 1. The topological polar surface area (TPSA) is 57.6 Å². The van der Waals surface area contributed by atoms with Crippen LogP contribution in [0.2, 0.25) is 0 Å². The number of carboxylic acid groups (broad SMARTS) is 1. The Hall–Kier alpha value is -1.84. The first kappa shape index (κ1) is 15.2. The average molecular weight is 263 g/mol. The smallest absolute Gasteiger partial charge is 0.303 e. The Balaban J connectivity index is 2.36. The van der Waals surface area contributed by atoms with Crippen LogP contribution in [0.5, 0.6) is 0 Å². The van der Waals surface area contributed by atoms with Crippen molar-refractivity contribution in [3.8, 4) is 0 Å². The van der Waals surface area contributed by atoms with Crippen LogP contribution in [0.1, 0.15) is 31.7 Å². The zero-order valence-electron chi connectivity index (χ0n) is 11.3. The Labute approximate surface area is 114 Å². The van der Waals surface area contributed by atoms with Crippen LogP contribution >= 0.6 is 0 Å².